The number of aliphatic hydroxyl groups is 1. The number of hydrogen-bond donors (Lipinski definition) is 1. The van der Waals surface area contributed by atoms with Crippen molar-refractivity contribution in [3.63, 3.8) is 0 Å². The fourth-order valence-electron chi connectivity index (χ4n) is 2.12. The summed E-state index contributed by atoms with van der Waals surface area (Å²) in [6.07, 6.45) is 1.61. The second kappa shape index (κ2) is 6.03. The zero-order valence-corrected chi connectivity index (χ0v) is 12.9. The van der Waals surface area contributed by atoms with E-state index in [-0.39, 0.29) is 5.82 Å². The van der Waals surface area contributed by atoms with Crippen LogP contribution in [0.1, 0.15) is 18.2 Å². The second-order valence-corrected chi connectivity index (χ2v) is 5.49. The van der Waals surface area contributed by atoms with Crippen LogP contribution in [0.2, 0.25) is 0 Å². The lowest BCUT2D eigenvalue weighted by Crippen LogP contribution is -2.28. The van der Waals surface area contributed by atoms with Crippen LogP contribution in [0.4, 0.5) is 4.39 Å². The predicted molar refractivity (Wildman–Crippen MR) is 76.9 cm³/mol. The zero-order valence-electron chi connectivity index (χ0n) is 11.3. The van der Waals surface area contributed by atoms with Crippen LogP contribution in [0.15, 0.2) is 34.9 Å². The summed E-state index contributed by atoms with van der Waals surface area (Å²) in [5.74, 6) is -0.387. The molecule has 0 aliphatic heterocycles. The van der Waals surface area contributed by atoms with Crippen LogP contribution in [0.25, 0.3) is 0 Å². The SMILES string of the molecule is COCCn1ncc(Br)c1C(C)(O)c1cccc(F)c1. The van der Waals surface area contributed by atoms with Crippen molar-refractivity contribution in [3.05, 3.63) is 52.0 Å². The molecular weight excluding hydrogens is 327 g/mol. The number of benzene rings is 1. The van der Waals surface area contributed by atoms with Gasteiger partial charge in [-0.15, -0.1) is 0 Å². The van der Waals surface area contributed by atoms with Crippen molar-refractivity contribution in [2.75, 3.05) is 13.7 Å². The Hall–Kier alpha value is -1.24. The Morgan fingerprint density at radius 1 is 1.50 bits per heavy atom. The number of ether oxygens (including phenoxy) is 1. The summed E-state index contributed by atoms with van der Waals surface area (Å²) >= 11 is 3.38. The minimum absolute atomic E-state index is 0.387. The van der Waals surface area contributed by atoms with Gasteiger partial charge in [-0.05, 0) is 40.5 Å². The molecule has 0 aliphatic rings. The Balaban J connectivity index is 2.45. The first-order chi connectivity index (χ1) is 9.46. The van der Waals surface area contributed by atoms with Gasteiger partial charge in [0.15, 0.2) is 0 Å². The number of halogens is 2. The molecule has 1 aromatic carbocycles. The van der Waals surface area contributed by atoms with Gasteiger partial charge in [-0.2, -0.15) is 5.10 Å². The minimum Gasteiger partial charge on any atom is -0.383 e. The third-order valence-corrected chi connectivity index (χ3v) is 3.73. The van der Waals surface area contributed by atoms with E-state index in [1.54, 1.807) is 37.0 Å². The summed E-state index contributed by atoms with van der Waals surface area (Å²) in [7, 11) is 1.60. The largest absolute Gasteiger partial charge is 0.383 e. The van der Waals surface area contributed by atoms with E-state index >= 15 is 0 Å². The van der Waals surface area contributed by atoms with Crippen LogP contribution in [-0.4, -0.2) is 28.6 Å². The molecule has 0 saturated carbocycles. The fraction of sp³-hybridized carbons (Fsp3) is 0.357. The zero-order chi connectivity index (χ0) is 14.8. The van der Waals surface area contributed by atoms with Gasteiger partial charge in [-0.25, -0.2) is 4.39 Å². The highest BCUT2D eigenvalue weighted by Gasteiger charge is 2.32. The minimum atomic E-state index is -1.36. The second-order valence-electron chi connectivity index (χ2n) is 4.64. The van der Waals surface area contributed by atoms with Crippen molar-refractivity contribution in [3.8, 4) is 0 Å². The lowest BCUT2D eigenvalue weighted by molar-refractivity contribution is 0.0871. The van der Waals surface area contributed by atoms with Crippen LogP contribution < -0.4 is 0 Å². The van der Waals surface area contributed by atoms with Crippen LogP contribution in [-0.2, 0) is 16.9 Å². The first-order valence-corrected chi connectivity index (χ1v) is 6.95. The summed E-state index contributed by atoms with van der Waals surface area (Å²) in [4.78, 5) is 0. The molecule has 2 rings (SSSR count). The molecule has 0 radical (unpaired) electrons. The van der Waals surface area contributed by atoms with E-state index in [2.05, 4.69) is 21.0 Å². The number of methoxy groups -OCH3 is 1. The Morgan fingerprint density at radius 3 is 2.90 bits per heavy atom. The van der Waals surface area contributed by atoms with Crippen LogP contribution in [0.3, 0.4) is 0 Å². The van der Waals surface area contributed by atoms with Crippen molar-refractivity contribution < 1.29 is 14.2 Å². The van der Waals surface area contributed by atoms with Crippen LogP contribution in [0.5, 0.6) is 0 Å². The van der Waals surface area contributed by atoms with E-state index in [9.17, 15) is 9.50 Å². The first-order valence-electron chi connectivity index (χ1n) is 6.16. The average molecular weight is 343 g/mol. The van der Waals surface area contributed by atoms with Crippen molar-refractivity contribution in [1.29, 1.82) is 0 Å². The lowest BCUT2D eigenvalue weighted by Gasteiger charge is -2.25. The molecule has 20 heavy (non-hydrogen) atoms. The molecule has 1 N–H and O–H groups in total. The van der Waals surface area contributed by atoms with Crippen molar-refractivity contribution in [1.82, 2.24) is 9.78 Å². The smallest absolute Gasteiger partial charge is 0.130 e. The number of hydrogen-bond acceptors (Lipinski definition) is 3. The quantitative estimate of drug-likeness (QED) is 0.908. The maximum absolute atomic E-state index is 13.4. The summed E-state index contributed by atoms with van der Waals surface area (Å²) < 4.78 is 20.7. The maximum Gasteiger partial charge on any atom is 0.130 e. The summed E-state index contributed by atoms with van der Waals surface area (Å²) in [6.45, 7) is 2.59. The molecule has 0 amide bonds. The lowest BCUT2D eigenvalue weighted by atomic mass is 9.92. The Kier molecular flexibility index (Phi) is 4.57. The molecule has 4 nitrogen and oxygen atoms in total. The molecule has 1 atom stereocenters. The van der Waals surface area contributed by atoms with Gasteiger partial charge in [-0.3, -0.25) is 4.68 Å². The molecule has 1 aromatic heterocycles. The van der Waals surface area contributed by atoms with Crippen molar-refractivity contribution in [2.45, 2.75) is 19.1 Å². The monoisotopic (exact) mass is 342 g/mol. The molecule has 1 unspecified atom stereocenters. The van der Waals surface area contributed by atoms with Gasteiger partial charge in [0, 0.05) is 7.11 Å². The third kappa shape index (κ3) is 2.92. The summed E-state index contributed by atoms with van der Waals surface area (Å²) in [6, 6.07) is 5.92. The van der Waals surface area contributed by atoms with Crippen molar-refractivity contribution in [2.24, 2.45) is 0 Å². The van der Waals surface area contributed by atoms with Gasteiger partial charge in [0.05, 0.1) is 29.5 Å². The molecule has 1 heterocycles. The summed E-state index contributed by atoms with van der Waals surface area (Å²) in [5, 5.41) is 15.0. The van der Waals surface area contributed by atoms with E-state index in [0.717, 1.165) is 0 Å². The number of aromatic nitrogens is 2. The molecule has 108 valence electrons. The fourth-order valence-corrected chi connectivity index (χ4v) is 2.80. The Labute approximate surface area is 125 Å². The summed E-state index contributed by atoms with van der Waals surface area (Å²) in [5.41, 5.74) is -0.317. The molecule has 0 saturated heterocycles. The van der Waals surface area contributed by atoms with E-state index in [1.807, 2.05) is 0 Å². The number of nitrogens with zero attached hydrogens (tertiary/aromatic N) is 2. The van der Waals surface area contributed by atoms with E-state index in [1.165, 1.54) is 12.1 Å². The van der Waals surface area contributed by atoms with Gasteiger partial charge in [0.25, 0.3) is 0 Å². The average Bonchev–Trinajstić information content (AvgIpc) is 2.78. The standard InChI is InChI=1S/C14H16BrFN2O2/c1-14(19,10-4-3-5-11(16)8-10)13-12(15)9-17-18(13)6-7-20-2/h3-5,8-9,19H,6-7H2,1-2H3. The predicted octanol–water partition coefficient (Wildman–Crippen LogP) is 2.69. The van der Waals surface area contributed by atoms with Crippen LogP contribution >= 0.6 is 15.9 Å². The first kappa shape index (κ1) is 15.2. The maximum atomic E-state index is 13.4. The van der Waals surface area contributed by atoms with Gasteiger partial charge >= 0.3 is 0 Å². The van der Waals surface area contributed by atoms with E-state index < -0.39 is 5.60 Å². The molecule has 0 bridgehead atoms. The van der Waals surface area contributed by atoms with E-state index in [0.29, 0.717) is 28.9 Å². The molecule has 6 heteroatoms. The van der Waals surface area contributed by atoms with Gasteiger partial charge in [0.2, 0.25) is 0 Å². The normalized spacial score (nSPS) is 14.2. The van der Waals surface area contributed by atoms with Crippen molar-refractivity contribution >= 4 is 15.9 Å². The topological polar surface area (TPSA) is 47.3 Å². The molecule has 0 fully saturated rings. The van der Waals surface area contributed by atoms with Gasteiger partial charge < -0.3 is 9.84 Å². The Bertz CT molecular complexity index is 599. The molecule has 0 aliphatic carbocycles. The molecule has 2 aromatic rings. The highest BCUT2D eigenvalue weighted by Crippen LogP contribution is 2.34. The van der Waals surface area contributed by atoms with Gasteiger partial charge in [-0.1, -0.05) is 12.1 Å². The molecular formula is C14H16BrFN2O2. The van der Waals surface area contributed by atoms with Gasteiger partial charge in [0.1, 0.15) is 11.4 Å². The third-order valence-electron chi connectivity index (χ3n) is 3.15. The van der Waals surface area contributed by atoms with Crippen LogP contribution in [0, 0.1) is 5.82 Å². The highest BCUT2D eigenvalue weighted by atomic mass is 79.9. The molecule has 0 spiro atoms. The number of rotatable bonds is 5. The van der Waals surface area contributed by atoms with E-state index in [4.69, 9.17) is 4.74 Å². The highest BCUT2D eigenvalue weighted by molar-refractivity contribution is 9.10. The Morgan fingerprint density at radius 2 is 2.25 bits per heavy atom.